The first-order chi connectivity index (χ1) is 15.0. The number of rotatable bonds is 8. The van der Waals surface area contributed by atoms with Gasteiger partial charge < -0.3 is 4.55 Å². The molecule has 0 saturated carbocycles. The van der Waals surface area contributed by atoms with Gasteiger partial charge >= 0.3 is 5.51 Å². The molecule has 0 saturated heterocycles. The minimum absolute atomic E-state index is 0.0524. The van der Waals surface area contributed by atoms with E-state index in [9.17, 15) is 21.6 Å². The number of imidazole rings is 1. The Bertz CT molecular complexity index is 1160. The van der Waals surface area contributed by atoms with Crippen LogP contribution in [0.1, 0.15) is 31.2 Å². The van der Waals surface area contributed by atoms with Gasteiger partial charge in [0.1, 0.15) is 12.4 Å². The van der Waals surface area contributed by atoms with Crippen LogP contribution < -0.4 is 9.40 Å². The Morgan fingerprint density at radius 1 is 1.18 bits per heavy atom. The number of halogens is 4. The van der Waals surface area contributed by atoms with Gasteiger partial charge in [0.25, 0.3) is 5.82 Å². The van der Waals surface area contributed by atoms with E-state index < -0.39 is 25.6 Å². The minimum Gasteiger partial charge on any atom is -0.741 e. The van der Waals surface area contributed by atoms with Crippen LogP contribution in [0.5, 0.6) is 0 Å². The molecule has 15 heteroatoms. The van der Waals surface area contributed by atoms with Crippen LogP contribution in [0.25, 0.3) is 0 Å². The van der Waals surface area contributed by atoms with Crippen molar-refractivity contribution in [3.63, 3.8) is 0 Å². The van der Waals surface area contributed by atoms with Crippen molar-refractivity contribution in [3.05, 3.63) is 53.1 Å². The zero-order valence-corrected chi connectivity index (χ0v) is 20.4. The van der Waals surface area contributed by atoms with E-state index in [1.54, 1.807) is 31.2 Å². The highest BCUT2D eigenvalue weighted by atomic mass is 35.5. The predicted molar refractivity (Wildman–Crippen MR) is 116 cm³/mol. The average molecular weight is 533 g/mol. The van der Waals surface area contributed by atoms with Crippen LogP contribution in [0.2, 0.25) is 5.02 Å². The van der Waals surface area contributed by atoms with Gasteiger partial charge in [-0.3, -0.25) is 0 Å². The Morgan fingerprint density at radius 2 is 1.73 bits per heavy atom. The number of aromatic nitrogens is 2. The third-order valence-electron chi connectivity index (χ3n) is 4.36. The van der Waals surface area contributed by atoms with Gasteiger partial charge in [-0.05, 0) is 37.5 Å². The predicted octanol–water partition coefficient (Wildman–Crippen LogP) is 2.45. The van der Waals surface area contributed by atoms with Crippen molar-refractivity contribution in [2.45, 2.75) is 38.7 Å². The molecule has 1 aromatic carbocycles. The summed E-state index contributed by atoms with van der Waals surface area (Å²) < 4.78 is 87.2. The van der Waals surface area contributed by atoms with E-state index in [1.807, 2.05) is 30.9 Å². The van der Waals surface area contributed by atoms with Crippen molar-refractivity contribution < 1.29 is 39.1 Å². The van der Waals surface area contributed by atoms with E-state index in [2.05, 4.69) is 14.5 Å². The molecule has 33 heavy (non-hydrogen) atoms. The van der Waals surface area contributed by atoms with Crippen molar-refractivity contribution in [3.8, 4) is 0 Å². The van der Waals surface area contributed by atoms with Crippen LogP contribution >= 0.6 is 11.6 Å². The number of nitrogens with one attached hydrogen (secondary N) is 1. The summed E-state index contributed by atoms with van der Waals surface area (Å²) >= 11 is 5.84. The van der Waals surface area contributed by atoms with Crippen molar-refractivity contribution in [2.75, 3.05) is 5.75 Å². The molecule has 2 aromatic rings. The van der Waals surface area contributed by atoms with Crippen LogP contribution in [-0.2, 0) is 33.7 Å². The summed E-state index contributed by atoms with van der Waals surface area (Å²) in [5.74, 6) is 1.20. The van der Waals surface area contributed by atoms with E-state index in [4.69, 9.17) is 24.6 Å². The monoisotopic (exact) mass is 532 g/mol. The number of hydrogen-bond donors (Lipinski definition) is 1. The molecule has 9 nitrogen and oxygen atoms in total. The van der Waals surface area contributed by atoms with Gasteiger partial charge in [0.2, 0.25) is 10.0 Å². The first-order valence-electron chi connectivity index (χ1n) is 9.37. The second-order valence-electron chi connectivity index (χ2n) is 6.87. The Labute approximate surface area is 195 Å². The molecule has 0 spiro atoms. The lowest BCUT2D eigenvalue weighted by Crippen LogP contribution is -2.29. The maximum Gasteiger partial charge on any atom is 0.485 e. The SMILES string of the molecule is C/C(=N/NS(=O)(=O)CCCCn1cc[n+](C)c1C)c1ccc(Cl)cc1.O=S(=O)([O-])C(F)(F)F. The van der Waals surface area contributed by atoms with E-state index in [1.165, 1.54) is 0 Å². The molecule has 0 aliphatic carbocycles. The minimum atomic E-state index is -6.09. The fourth-order valence-electron chi connectivity index (χ4n) is 2.35. The van der Waals surface area contributed by atoms with Crippen molar-refractivity contribution >= 4 is 37.5 Å². The number of benzene rings is 1. The number of alkyl halides is 3. The Balaban J connectivity index is 0.000000582. The highest BCUT2D eigenvalue weighted by molar-refractivity contribution is 7.89. The summed E-state index contributed by atoms with van der Waals surface area (Å²) in [4.78, 5) is 2.30. The van der Waals surface area contributed by atoms with Gasteiger partial charge in [0.05, 0.1) is 25.1 Å². The van der Waals surface area contributed by atoms with Crippen molar-refractivity contribution in [2.24, 2.45) is 12.1 Å². The second kappa shape index (κ2) is 11.8. The molecule has 0 amide bonds. The number of nitrogens with zero attached hydrogens (tertiary/aromatic N) is 3. The summed E-state index contributed by atoms with van der Waals surface area (Å²) in [6, 6.07) is 7.09. The molecular weight excluding hydrogens is 509 g/mol. The maximum absolute atomic E-state index is 12.1. The molecular formula is C18H24ClF3N4O5S2. The molecule has 1 aromatic heterocycles. The Kier molecular flexibility index (Phi) is 10.3. The molecule has 0 fully saturated rings. The number of hydrogen-bond acceptors (Lipinski definition) is 6. The second-order valence-corrected chi connectivity index (χ2v) is 10.5. The lowest BCUT2D eigenvalue weighted by atomic mass is 10.1. The van der Waals surface area contributed by atoms with Crippen LogP contribution in [0, 0.1) is 6.92 Å². The molecule has 1 N–H and O–H groups in total. The normalized spacial score (nSPS) is 12.8. The summed E-state index contributed by atoms with van der Waals surface area (Å²) in [6.45, 7) is 4.59. The van der Waals surface area contributed by atoms with Crippen LogP contribution in [0.15, 0.2) is 41.8 Å². The van der Waals surface area contributed by atoms with E-state index >= 15 is 0 Å². The summed E-state index contributed by atoms with van der Waals surface area (Å²) in [7, 11) is -7.53. The summed E-state index contributed by atoms with van der Waals surface area (Å²) in [5, 5.41) is 4.61. The highest BCUT2D eigenvalue weighted by Crippen LogP contribution is 2.20. The molecule has 0 aliphatic heterocycles. The molecule has 186 valence electrons. The van der Waals surface area contributed by atoms with Gasteiger partial charge in [0, 0.05) is 11.9 Å². The number of aryl methyl sites for hydroxylation is 2. The number of unbranched alkanes of at least 4 members (excludes halogenated alkanes) is 1. The highest BCUT2D eigenvalue weighted by Gasteiger charge is 2.36. The third-order valence-corrected chi connectivity index (χ3v) is 6.37. The van der Waals surface area contributed by atoms with Crippen molar-refractivity contribution in [1.29, 1.82) is 0 Å². The first kappa shape index (κ1) is 28.9. The molecule has 0 aliphatic rings. The van der Waals surface area contributed by atoms with Gasteiger partial charge in [-0.15, -0.1) is 0 Å². The van der Waals surface area contributed by atoms with Crippen LogP contribution in [0.4, 0.5) is 13.2 Å². The summed E-state index contributed by atoms with van der Waals surface area (Å²) in [6.07, 6.45) is 5.35. The Hall–Kier alpha value is -2.16. The number of hydrazone groups is 1. The average Bonchev–Trinajstić information content (AvgIpc) is 3.01. The van der Waals surface area contributed by atoms with E-state index in [0.717, 1.165) is 24.4 Å². The molecule has 0 radical (unpaired) electrons. The topological polar surface area (TPSA) is 125 Å². The molecule has 0 bridgehead atoms. The molecule has 0 atom stereocenters. The van der Waals surface area contributed by atoms with Crippen LogP contribution in [0.3, 0.4) is 0 Å². The largest absolute Gasteiger partial charge is 0.741 e. The maximum atomic E-state index is 12.1. The number of sulfonamides is 1. The van der Waals surface area contributed by atoms with Crippen LogP contribution in [-0.4, -0.2) is 42.9 Å². The molecule has 2 rings (SSSR count). The molecule has 1 heterocycles. The Morgan fingerprint density at radius 3 is 2.18 bits per heavy atom. The van der Waals surface area contributed by atoms with E-state index in [0.29, 0.717) is 17.2 Å². The van der Waals surface area contributed by atoms with Gasteiger partial charge in [-0.25, -0.2) is 30.8 Å². The zero-order chi connectivity index (χ0) is 25.4. The van der Waals surface area contributed by atoms with E-state index in [-0.39, 0.29) is 5.75 Å². The first-order valence-corrected chi connectivity index (χ1v) is 12.8. The quantitative estimate of drug-likeness (QED) is 0.140. The molecule has 0 unspecified atom stereocenters. The third kappa shape index (κ3) is 10.1. The van der Waals surface area contributed by atoms with Gasteiger partial charge in [0.15, 0.2) is 10.1 Å². The zero-order valence-electron chi connectivity index (χ0n) is 18.0. The summed E-state index contributed by atoms with van der Waals surface area (Å²) in [5.41, 5.74) is -4.23. The van der Waals surface area contributed by atoms with Crippen molar-refractivity contribution in [1.82, 2.24) is 9.40 Å². The van der Waals surface area contributed by atoms with Gasteiger partial charge in [-0.1, -0.05) is 23.7 Å². The fourth-order valence-corrected chi connectivity index (χ4v) is 3.43. The lowest BCUT2D eigenvalue weighted by molar-refractivity contribution is -0.677. The van der Waals surface area contributed by atoms with Gasteiger partial charge in [-0.2, -0.15) is 18.3 Å². The fraction of sp³-hybridized carbons (Fsp3) is 0.444. The lowest BCUT2D eigenvalue weighted by Gasteiger charge is -2.08. The smallest absolute Gasteiger partial charge is 0.485 e. The standard InChI is InChI=1S/C17H24ClN4O2S.CHF3O3S/c1-14(16-6-8-17(18)9-7-16)19-20-25(23,24)13-5-4-10-22-12-11-21(3)15(22)2;2-1(3,4)8(5,6)7/h6-9,11-12,20H,4-5,10,13H2,1-3H3;(H,5,6,7)/q+1;/p-1/b19-14-;.